The molecule has 2 atom stereocenters. The fourth-order valence-electron chi connectivity index (χ4n) is 3.48. The number of rotatable bonds is 4. The van der Waals surface area contributed by atoms with E-state index in [2.05, 4.69) is 0 Å². The second kappa shape index (κ2) is 7.12. The van der Waals surface area contributed by atoms with Crippen molar-refractivity contribution in [3.8, 4) is 0 Å². The molecule has 1 saturated heterocycles. The molecular weight excluding hydrogens is 368 g/mol. The molecule has 0 saturated carbocycles. The number of carbonyl (C=O) groups is 3. The Balaban J connectivity index is 2.21. The monoisotopic (exact) mass is 386 g/mol. The number of halogens is 1. The molecule has 6 nitrogen and oxygen atoms in total. The lowest BCUT2D eigenvalue weighted by Gasteiger charge is -2.27. The lowest BCUT2D eigenvalue weighted by Crippen LogP contribution is -2.32. The molecule has 1 fully saturated rings. The number of benzene rings is 1. The van der Waals surface area contributed by atoms with E-state index < -0.39 is 23.7 Å². The predicted octanol–water partition coefficient (Wildman–Crippen LogP) is 2.60. The van der Waals surface area contributed by atoms with Crippen LogP contribution < -0.4 is 10.5 Å². The summed E-state index contributed by atoms with van der Waals surface area (Å²) in [6, 6.07) is 7.51. The number of aromatic nitrogens is 1. The molecule has 0 radical (unpaired) electrons. The summed E-state index contributed by atoms with van der Waals surface area (Å²) in [5.74, 6) is -2.85. The van der Waals surface area contributed by atoms with Crippen LogP contribution in [0.3, 0.4) is 0 Å². The molecule has 2 heterocycles. The van der Waals surface area contributed by atoms with Crippen molar-refractivity contribution < 1.29 is 14.4 Å². The molecule has 1 aliphatic heterocycles. The van der Waals surface area contributed by atoms with E-state index in [1.165, 1.54) is 15.7 Å². The maximum atomic E-state index is 12.8. The fourth-order valence-corrected chi connectivity index (χ4v) is 3.61. The smallest absolute Gasteiger partial charge is 0.295 e. The summed E-state index contributed by atoms with van der Waals surface area (Å²) in [4.78, 5) is 51.3. The molecule has 0 bridgehead atoms. The van der Waals surface area contributed by atoms with Crippen LogP contribution in [0.15, 0.2) is 41.3 Å². The normalized spacial score (nSPS) is 19.6. The Morgan fingerprint density at radius 1 is 1.15 bits per heavy atom. The molecule has 1 amide bonds. The molecule has 2 unspecified atom stereocenters. The van der Waals surface area contributed by atoms with Crippen LogP contribution in [0.25, 0.3) is 0 Å². The van der Waals surface area contributed by atoms with Gasteiger partial charge in [-0.05, 0) is 30.7 Å². The van der Waals surface area contributed by atoms with Gasteiger partial charge < -0.3 is 4.57 Å². The lowest BCUT2D eigenvalue weighted by atomic mass is 9.88. The maximum absolute atomic E-state index is 12.8. The van der Waals surface area contributed by atoms with Gasteiger partial charge in [0, 0.05) is 30.3 Å². The van der Waals surface area contributed by atoms with Gasteiger partial charge in [0.2, 0.25) is 5.78 Å². The zero-order valence-electron chi connectivity index (χ0n) is 15.2. The third-order valence-corrected chi connectivity index (χ3v) is 5.09. The predicted molar refractivity (Wildman–Crippen MR) is 102 cm³/mol. The second-order valence-electron chi connectivity index (χ2n) is 6.63. The zero-order valence-corrected chi connectivity index (χ0v) is 16.0. The quantitative estimate of drug-likeness (QED) is 0.597. The van der Waals surface area contributed by atoms with Gasteiger partial charge in [0.05, 0.1) is 11.7 Å². The van der Waals surface area contributed by atoms with Crippen molar-refractivity contribution in [2.24, 2.45) is 13.0 Å². The van der Waals surface area contributed by atoms with Gasteiger partial charge >= 0.3 is 0 Å². The number of amides is 1. The Morgan fingerprint density at radius 3 is 2.33 bits per heavy atom. The minimum absolute atomic E-state index is 0.147. The Hall–Kier alpha value is -2.73. The molecule has 0 N–H and O–H groups in total. The summed E-state index contributed by atoms with van der Waals surface area (Å²) in [6.07, 6.45) is 1.65. The summed E-state index contributed by atoms with van der Waals surface area (Å²) >= 11 is 5.96. The number of pyridine rings is 1. The zero-order chi connectivity index (χ0) is 19.9. The highest BCUT2D eigenvalue weighted by molar-refractivity contribution is 6.48. The number of aryl methyl sites for hydroxylation is 2. The number of hydrogen-bond donors (Lipinski definition) is 0. The highest BCUT2D eigenvalue weighted by atomic mass is 35.5. The third-order valence-electron chi connectivity index (χ3n) is 4.84. The topological polar surface area (TPSA) is 76.5 Å². The van der Waals surface area contributed by atoms with E-state index in [1.54, 1.807) is 51.2 Å². The van der Waals surface area contributed by atoms with Gasteiger partial charge in [-0.25, -0.2) is 0 Å². The van der Waals surface area contributed by atoms with Gasteiger partial charge in [-0.15, -0.1) is 0 Å². The van der Waals surface area contributed by atoms with Gasteiger partial charge in [-0.3, -0.25) is 24.1 Å². The Morgan fingerprint density at radius 2 is 1.78 bits per heavy atom. The largest absolute Gasteiger partial charge is 0.316 e. The minimum atomic E-state index is -1.08. The van der Waals surface area contributed by atoms with E-state index in [9.17, 15) is 19.2 Å². The van der Waals surface area contributed by atoms with E-state index in [4.69, 9.17) is 11.6 Å². The third kappa shape index (κ3) is 3.21. The molecule has 140 valence electrons. The number of ketones is 2. The first kappa shape index (κ1) is 19.0. The van der Waals surface area contributed by atoms with E-state index in [0.717, 1.165) is 0 Å². The maximum Gasteiger partial charge on any atom is 0.295 e. The average molecular weight is 387 g/mol. The number of nitrogens with zero attached hydrogens (tertiary/aromatic N) is 2. The van der Waals surface area contributed by atoms with E-state index >= 15 is 0 Å². The Bertz CT molecular complexity index is 968. The Kier molecular flexibility index (Phi) is 5.02. The fraction of sp³-hybridized carbons (Fsp3) is 0.300. The number of carbonyl (C=O) groups excluding carboxylic acids is 3. The lowest BCUT2D eigenvalue weighted by molar-refractivity contribution is -0.139. The molecule has 1 aromatic carbocycles. The van der Waals surface area contributed by atoms with Gasteiger partial charge in [0.15, 0.2) is 0 Å². The molecule has 1 aliphatic rings. The summed E-state index contributed by atoms with van der Waals surface area (Å²) in [7, 11) is 1.58. The molecule has 0 spiro atoms. The van der Waals surface area contributed by atoms with Crippen LogP contribution in [-0.2, 0) is 21.4 Å². The van der Waals surface area contributed by atoms with Crippen molar-refractivity contribution in [1.82, 2.24) is 4.57 Å². The van der Waals surface area contributed by atoms with Crippen molar-refractivity contribution in [2.75, 3.05) is 4.90 Å². The van der Waals surface area contributed by atoms with Crippen LogP contribution in [0.5, 0.6) is 0 Å². The minimum Gasteiger partial charge on any atom is -0.316 e. The van der Waals surface area contributed by atoms with Crippen LogP contribution in [-0.4, -0.2) is 22.0 Å². The molecule has 7 heteroatoms. The molecule has 0 aliphatic carbocycles. The highest BCUT2D eigenvalue weighted by Crippen LogP contribution is 2.40. The number of Topliss-reactive ketones (excluding diaryl/α,β-unsaturated/α-hetero) is 2. The van der Waals surface area contributed by atoms with Crippen LogP contribution in [0.4, 0.5) is 5.69 Å². The SMILES string of the molecule is CCC(=O)C1C(=O)C(=O)N(c2cc(C)c(=O)n(C)c2)C1c1ccc(Cl)cc1. The first-order valence-corrected chi connectivity index (χ1v) is 8.97. The number of anilines is 1. The number of hydrogen-bond acceptors (Lipinski definition) is 4. The summed E-state index contributed by atoms with van der Waals surface area (Å²) in [5, 5.41) is 0.511. The van der Waals surface area contributed by atoms with Crippen molar-refractivity contribution >= 4 is 34.8 Å². The first-order valence-electron chi connectivity index (χ1n) is 8.59. The van der Waals surface area contributed by atoms with E-state index in [1.807, 2.05) is 0 Å². The van der Waals surface area contributed by atoms with Crippen molar-refractivity contribution in [3.05, 3.63) is 63.0 Å². The highest BCUT2D eigenvalue weighted by Gasteiger charge is 2.51. The molecular formula is C20H19ClN2O4. The van der Waals surface area contributed by atoms with Gasteiger partial charge in [0.25, 0.3) is 11.5 Å². The summed E-state index contributed by atoms with van der Waals surface area (Å²) < 4.78 is 1.36. The van der Waals surface area contributed by atoms with Crippen molar-refractivity contribution in [2.45, 2.75) is 26.3 Å². The van der Waals surface area contributed by atoms with Gasteiger partial charge in [0.1, 0.15) is 11.7 Å². The van der Waals surface area contributed by atoms with Crippen molar-refractivity contribution in [3.63, 3.8) is 0 Å². The van der Waals surface area contributed by atoms with Gasteiger partial charge in [-0.1, -0.05) is 30.7 Å². The average Bonchev–Trinajstić information content (AvgIpc) is 2.90. The molecule has 27 heavy (non-hydrogen) atoms. The van der Waals surface area contributed by atoms with E-state index in [-0.39, 0.29) is 17.8 Å². The molecule has 1 aromatic heterocycles. The van der Waals surface area contributed by atoms with Gasteiger partial charge in [-0.2, -0.15) is 0 Å². The van der Waals surface area contributed by atoms with Crippen LogP contribution in [0.1, 0.15) is 30.5 Å². The summed E-state index contributed by atoms with van der Waals surface area (Å²) in [6.45, 7) is 3.30. The standard InChI is InChI=1S/C20H19ClN2O4/c1-4-15(24)16-17(12-5-7-13(21)8-6-12)23(20(27)18(16)25)14-9-11(2)19(26)22(3)10-14/h5-10,16-17H,4H2,1-3H3. The second-order valence-corrected chi connectivity index (χ2v) is 7.07. The first-order chi connectivity index (χ1) is 12.8. The summed E-state index contributed by atoms with van der Waals surface area (Å²) in [5.41, 5.74) is 1.28. The van der Waals surface area contributed by atoms with Crippen LogP contribution in [0.2, 0.25) is 5.02 Å². The van der Waals surface area contributed by atoms with Crippen LogP contribution in [0, 0.1) is 12.8 Å². The molecule has 3 rings (SSSR count). The van der Waals surface area contributed by atoms with E-state index in [0.29, 0.717) is 21.8 Å². The van der Waals surface area contributed by atoms with Crippen molar-refractivity contribution in [1.29, 1.82) is 0 Å². The van der Waals surface area contributed by atoms with Crippen LogP contribution >= 0.6 is 11.6 Å². The molecule has 2 aromatic rings. The Labute approximate surface area is 161 Å².